The molecule has 0 radical (unpaired) electrons. The average molecular weight is 196 g/mol. The lowest BCUT2D eigenvalue weighted by molar-refractivity contribution is 0.624. The Morgan fingerprint density at radius 1 is 0.769 bits per heavy atom. The molecule has 0 aromatic rings. The molecule has 74 valence electrons. The molecule has 0 aromatic carbocycles. The molecule has 0 aromatic heterocycles. The topological polar surface area (TPSA) is 0 Å². The Hall–Kier alpha value is 0.0900. The summed E-state index contributed by atoms with van der Waals surface area (Å²) in [6.45, 7) is 0. The minimum absolute atomic E-state index is 1.01. The van der Waals surface area contributed by atoms with E-state index in [0.29, 0.717) is 0 Å². The maximum absolute atomic E-state index is 2.39. The fraction of sp³-hybridized carbons (Fsp3) is 0.833. The maximum Gasteiger partial charge on any atom is 0.00503 e. The summed E-state index contributed by atoms with van der Waals surface area (Å²) in [7, 11) is 0. The number of hydrogen-bond acceptors (Lipinski definition) is 1. The molecule has 2 unspecified atom stereocenters. The molecule has 0 nitrogen and oxygen atoms in total. The van der Waals surface area contributed by atoms with Crippen molar-refractivity contribution in [3.63, 3.8) is 0 Å². The van der Waals surface area contributed by atoms with Crippen molar-refractivity contribution in [2.45, 2.75) is 61.9 Å². The number of allylic oxidation sites excluding steroid dienone is 2. The largest absolute Gasteiger partial charge is 0.155 e. The second-order valence-electron chi connectivity index (χ2n) is 4.29. The van der Waals surface area contributed by atoms with Gasteiger partial charge in [0.2, 0.25) is 0 Å². The zero-order valence-corrected chi connectivity index (χ0v) is 9.19. The van der Waals surface area contributed by atoms with Crippen LogP contribution in [0, 0.1) is 0 Å². The van der Waals surface area contributed by atoms with Crippen LogP contribution < -0.4 is 0 Å². The van der Waals surface area contributed by atoms with E-state index in [1.807, 2.05) is 0 Å². The second-order valence-corrected chi connectivity index (χ2v) is 5.90. The van der Waals surface area contributed by atoms with Crippen molar-refractivity contribution in [3.8, 4) is 0 Å². The maximum atomic E-state index is 2.39. The van der Waals surface area contributed by atoms with Gasteiger partial charge in [-0.25, -0.2) is 0 Å². The van der Waals surface area contributed by atoms with Crippen LogP contribution in [-0.4, -0.2) is 10.5 Å². The first kappa shape index (κ1) is 9.64. The monoisotopic (exact) mass is 196 g/mol. The predicted octanol–water partition coefficient (Wildman–Crippen LogP) is 4.16. The SMILES string of the molecule is C1=CCCCC2CCC(CCC1)S2. The van der Waals surface area contributed by atoms with Crippen molar-refractivity contribution in [2.24, 2.45) is 0 Å². The van der Waals surface area contributed by atoms with Crippen molar-refractivity contribution in [2.75, 3.05) is 0 Å². The highest BCUT2D eigenvalue weighted by atomic mass is 32.2. The van der Waals surface area contributed by atoms with Gasteiger partial charge in [0.15, 0.2) is 0 Å². The Bertz CT molecular complexity index is 156. The van der Waals surface area contributed by atoms with Crippen LogP contribution >= 0.6 is 11.8 Å². The van der Waals surface area contributed by atoms with E-state index in [-0.39, 0.29) is 0 Å². The van der Waals surface area contributed by atoms with Crippen LogP contribution in [-0.2, 0) is 0 Å². The smallest absolute Gasteiger partial charge is 0.00503 e. The van der Waals surface area contributed by atoms with Crippen molar-refractivity contribution < 1.29 is 0 Å². The number of fused-ring (bicyclic) bond motifs is 2. The molecule has 1 saturated heterocycles. The third-order valence-electron chi connectivity index (χ3n) is 3.16. The van der Waals surface area contributed by atoms with Gasteiger partial charge in [0, 0.05) is 10.5 Å². The molecular formula is C12H20S. The molecule has 1 heteroatoms. The van der Waals surface area contributed by atoms with Gasteiger partial charge < -0.3 is 0 Å². The van der Waals surface area contributed by atoms with E-state index in [1.165, 1.54) is 51.4 Å². The van der Waals surface area contributed by atoms with Gasteiger partial charge in [-0.2, -0.15) is 11.8 Å². The van der Waals surface area contributed by atoms with E-state index in [0.717, 1.165) is 10.5 Å². The van der Waals surface area contributed by atoms with Crippen LogP contribution in [0.4, 0.5) is 0 Å². The minimum Gasteiger partial charge on any atom is -0.155 e. The summed E-state index contributed by atoms with van der Waals surface area (Å²) in [4.78, 5) is 0. The molecule has 13 heavy (non-hydrogen) atoms. The van der Waals surface area contributed by atoms with Crippen molar-refractivity contribution in [1.82, 2.24) is 0 Å². The van der Waals surface area contributed by atoms with E-state index in [1.54, 1.807) is 0 Å². The molecule has 2 rings (SSSR count). The summed E-state index contributed by atoms with van der Waals surface area (Å²) < 4.78 is 0. The minimum atomic E-state index is 1.01. The molecule has 0 spiro atoms. The quantitative estimate of drug-likeness (QED) is 0.524. The summed E-state index contributed by atoms with van der Waals surface area (Å²) in [5.41, 5.74) is 0. The number of rotatable bonds is 0. The van der Waals surface area contributed by atoms with Crippen molar-refractivity contribution >= 4 is 11.8 Å². The van der Waals surface area contributed by atoms with Gasteiger partial charge in [-0.1, -0.05) is 12.2 Å². The molecule has 0 N–H and O–H groups in total. The Labute approximate surface area is 86.2 Å². The first-order valence-electron chi connectivity index (χ1n) is 5.75. The highest BCUT2D eigenvalue weighted by Crippen LogP contribution is 2.39. The highest BCUT2D eigenvalue weighted by Gasteiger charge is 2.24. The molecule has 0 amide bonds. The van der Waals surface area contributed by atoms with Crippen LogP contribution in [0.25, 0.3) is 0 Å². The lowest BCUT2D eigenvalue weighted by Crippen LogP contribution is -1.97. The van der Waals surface area contributed by atoms with E-state index in [2.05, 4.69) is 23.9 Å². The van der Waals surface area contributed by atoms with E-state index in [4.69, 9.17) is 0 Å². The van der Waals surface area contributed by atoms with E-state index in [9.17, 15) is 0 Å². The normalized spacial score (nSPS) is 35.7. The molecular weight excluding hydrogens is 176 g/mol. The summed E-state index contributed by atoms with van der Waals surface area (Å²) in [5.74, 6) is 0. The third-order valence-corrected chi connectivity index (χ3v) is 4.87. The van der Waals surface area contributed by atoms with Gasteiger partial charge in [-0.05, 0) is 51.4 Å². The third kappa shape index (κ3) is 3.05. The predicted molar refractivity (Wildman–Crippen MR) is 61.2 cm³/mol. The van der Waals surface area contributed by atoms with Crippen LogP contribution in [0.3, 0.4) is 0 Å². The highest BCUT2D eigenvalue weighted by molar-refractivity contribution is 8.00. The van der Waals surface area contributed by atoms with Gasteiger partial charge in [-0.3, -0.25) is 0 Å². The van der Waals surface area contributed by atoms with Gasteiger partial charge in [-0.15, -0.1) is 0 Å². The molecule has 2 aliphatic heterocycles. The van der Waals surface area contributed by atoms with Crippen molar-refractivity contribution in [3.05, 3.63) is 12.2 Å². The molecule has 0 saturated carbocycles. The second kappa shape index (κ2) is 5.09. The van der Waals surface area contributed by atoms with Gasteiger partial charge in [0.05, 0.1) is 0 Å². The molecule has 2 atom stereocenters. The summed E-state index contributed by atoms with van der Waals surface area (Å²) in [6.07, 6.45) is 16.2. The number of thioether (sulfide) groups is 1. The van der Waals surface area contributed by atoms with Gasteiger partial charge in [0.25, 0.3) is 0 Å². The first-order chi connectivity index (χ1) is 6.45. The molecule has 1 fully saturated rings. The Kier molecular flexibility index (Phi) is 3.77. The lowest BCUT2D eigenvalue weighted by Gasteiger charge is -2.09. The average Bonchev–Trinajstić information content (AvgIpc) is 2.52. The zero-order chi connectivity index (χ0) is 8.93. The molecule has 2 heterocycles. The fourth-order valence-electron chi connectivity index (χ4n) is 2.37. The molecule has 2 aliphatic rings. The first-order valence-corrected chi connectivity index (χ1v) is 6.70. The lowest BCUT2D eigenvalue weighted by atomic mass is 10.0. The standard InChI is InChI=1S/C12H20S/c1-2-4-6-8-12-10-9-11(13-12)7-5-3-1/h1-2,11-12H,3-10H2. The van der Waals surface area contributed by atoms with E-state index >= 15 is 0 Å². The summed E-state index contributed by atoms with van der Waals surface area (Å²) >= 11 is 2.29. The Morgan fingerprint density at radius 3 is 1.85 bits per heavy atom. The van der Waals surface area contributed by atoms with Gasteiger partial charge in [0.1, 0.15) is 0 Å². The fourth-order valence-corrected chi connectivity index (χ4v) is 4.06. The van der Waals surface area contributed by atoms with Crippen LogP contribution in [0.15, 0.2) is 12.2 Å². The number of hydrogen-bond donors (Lipinski definition) is 0. The van der Waals surface area contributed by atoms with Crippen LogP contribution in [0.5, 0.6) is 0 Å². The van der Waals surface area contributed by atoms with Crippen molar-refractivity contribution in [1.29, 1.82) is 0 Å². The summed E-state index contributed by atoms with van der Waals surface area (Å²) in [5, 5.41) is 2.02. The Morgan fingerprint density at radius 2 is 1.31 bits per heavy atom. The molecule has 0 aliphatic carbocycles. The van der Waals surface area contributed by atoms with Gasteiger partial charge >= 0.3 is 0 Å². The molecule has 2 bridgehead atoms. The van der Waals surface area contributed by atoms with Crippen LogP contribution in [0.2, 0.25) is 0 Å². The van der Waals surface area contributed by atoms with E-state index < -0.39 is 0 Å². The zero-order valence-electron chi connectivity index (χ0n) is 8.37. The summed E-state index contributed by atoms with van der Waals surface area (Å²) in [6, 6.07) is 0. The Balaban J connectivity index is 1.85. The van der Waals surface area contributed by atoms with Crippen LogP contribution in [0.1, 0.15) is 51.4 Å².